The minimum Gasteiger partial charge on any atom is -0.480 e. The van der Waals surface area contributed by atoms with Gasteiger partial charge in [0, 0.05) is 17.3 Å². The van der Waals surface area contributed by atoms with Crippen molar-refractivity contribution in [3.8, 4) is 0 Å². The number of carbonyl (C=O) groups excluding carboxylic acids is 3. The number of carboxylic acid groups (broad SMARTS) is 1. The molecule has 13 heteroatoms. The Labute approximate surface area is 179 Å². The molecule has 0 heterocycles. The number of aliphatic carboxylic acids is 1. The first kappa shape index (κ1) is 26.2. The topological polar surface area (TPSA) is 151 Å². The Kier molecular flexibility index (Phi) is 13.9. The van der Waals surface area contributed by atoms with Crippen LogP contribution in [0.1, 0.15) is 6.42 Å². The molecule has 0 aromatic rings. The van der Waals surface area contributed by atoms with Gasteiger partial charge in [-0.2, -0.15) is 49.6 Å². The molecular weight excluding hydrogens is 432 g/mol. The third-order valence-electron chi connectivity index (χ3n) is 3.39. The summed E-state index contributed by atoms with van der Waals surface area (Å²) >= 11 is 13.3. The maximum atomic E-state index is 12.5. The molecule has 4 atom stereocenters. The Balaban J connectivity index is 5.04. The normalized spacial score (nSPS) is 15.1. The summed E-state index contributed by atoms with van der Waals surface area (Å²) in [6.07, 6.45) is 2.18. The third-order valence-corrected chi connectivity index (χ3v) is 5.16. The molecule has 27 heavy (non-hydrogen) atoms. The Morgan fingerprint density at radius 3 is 1.81 bits per heavy atom. The molecule has 156 valence electrons. The second-order valence-electron chi connectivity index (χ2n) is 5.46. The van der Waals surface area contributed by atoms with Gasteiger partial charge < -0.3 is 26.8 Å². The predicted molar refractivity (Wildman–Crippen MR) is 116 cm³/mol. The summed E-state index contributed by atoms with van der Waals surface area (Å²) in [5, 5.41) is 16.3. The Bertz CT molecular complexity index is 526. The van der Waals surface area contributed by atoms with Gasteiger partial charge in [0.2, 0.25) is 17.7 Å². The fourth-order valence-corrected chi connectivity index (χ4v) is 2.93. The van der Waals surface area contributed by atoms with Crippen LogP contribution in [0.2, 0.25) is 0 Å². The summed E-state index contributed by atoms with van der Waals surface area (Å²) in [6.45, 7) is 0. The zero-order valence-electron chi connectivity index (χ0n) is 14.8. The van der Waals surface area contributed by atoms with Crippen LogP contribution in [0.3, 0.4) is 0 Å². The summed E-state index contributed by atoms with van der Waals surface area (Å²) < 4.78 is 0. The van der Waals surface area contributed by atoms with Crippen LogP contribution in [0.15, 0.2) is 0 Å². The Morgan fingerprint density at radius 1 is 0.889 bits per heavy atom. The number of amides is 3. The van der Waals surface area contributed by atoms with E-state index >= 15 is 0 Å². The van der Waals surface area contributed by atoms with Crippen molar-refractivity contribution in [3.05, 3.63) is 0 Å². The van der Waals surface area contributed by atoms with Crippen molar-refractivity contribution in [2.24, 2.45) is 5.73 Å². The van der Waals surface area contributed by atoms with Crippen LogP contribution in [0, 0.1) is 0 Å². The predicted octanol–water partition coefficient (Wildman–Crippen LogP) is -1.60. The highest BCUT2D eigenvalue weighted by Gasteiger charge is 2.29. The van der Waals surface area contributed by atoms with Crippen LogP contribution >= 0.6 is 49.6 Å². The van der Waals surface area contributed by atoms with Gasteiger partial charge in [0.25, 0.3) is 0 Å². The quantitative estimate of drug-likeness (QED) is 0.155. The summed E-state index contributed by atoms with van der Waals surface area (Å²) in [5.74, 6) is -2.53. The first-order valence-electron chi connectivity index (χ1n) is 7.92. The highest BCUT2D eigenvalue weighted by molar-refractivity contribution is 7.98. The van der Waals surface area contributed by atoms with E-state index in [2.05, 4.69) is 53.8 Å². The maximum Gasteiger partial charge on any atom is 0.327 e. The SMILES string of the molecule is CSCCC(NC(=O)C(N)CS)C(=O)NC(CS)C(=O)NC(CS)C(=O)O. The van der Waals surface area contributed by atoms with Crippen molar-refractivity contribution in [3.63, 3.8) is 0 Å². The molecule has 4 unspecified atom stereocenters. The monoisotopic (exact) mass is 458 g/mol. The van der Waals surface area contributed by atoms with Gasteiger partial charge >= 0.3 is 5.97 Å². The summed E-state index contributed by atoms with van der Waals surface area (Å²) in [7, 11) is 0. The van der Waals surface area contributed by atoms with Gasteiger partial charge in [-0.15, -0.1) is 0 Å². The first-order valence-corrected chi connectivity index (χ1v) is 11.2. The van der Waals surface area contributed by atoms with Crippen LogP contribution in [-0.2, 0) is 19.2 Å². The van der Waals surface area contributed by atoms with Crippen LogP contribution in [0.25, 0.3) is 0 Å². The van der Waals surface area contributed by atoms with E-state index in [4.69, 9.17) is 10.8 Å². The van der Waals surface area contributed by atoms with Crippen LogP contribution in [0.5, 0.6) is 0 Å². The van der Waals surface area contributed by atoms with Crippen LogP contribution in [0.4, 0.5) is 0 Å². The average Bonchev–Trinajstić information content (AvgIpc) is 2.65. The molecule has 0 aliphatic heterocycles. The van der Waals surface area contributed by atoms with Crippen molar-refractivity contribution in [1.82, 2.24) is 16.0 Å². The van der Waals surface area contributed by atoms with Gasteiger partial charge in [-0.1, -0.05) is 0 Å². The minimum atomic E-state index is -1.24. The number of carboxylic acids is 1. The van der Waals surface area contributed by atoms with Gasteiger partial charge in [0.05, 0.1) is 6.04 Å². The van der Waals surface area contributed by atoms with Crippen molar-refractivity contribution < 1.29 is 24.3 Å². The van der Waals surface area contributed by atoms with Gasteiger partial charge in [-0.05, 0) is 18.4 Å². The van der Waals surface area contributed by atoms with Crippen LogP contribution in [-0.4, -0.2) is 82.2 Å². The number of hydrogen-bond acceptors (Lipinski definition) is 9. The first-order chi connectivity index (χ1) is 12.7. The lowest BCUT2D eigenvalue weighted by molar-refractivity contribution is -0.141. The number of rotatable bonds is 13. The molecule has 0 bridgehead atoms. The lowest BCUT2D eigenvalue weighted by Gasteiger charge is -2.24. The third kappa shape index (κ3) is 9.83. The minimum absolute atomic E-state index is 0.0597. The molecule has 0 aromatic heterocycles. The molecule has 0 fully saturated rings. The van der Waals surface area contributed by atoms with E-state index in [0.29, 0.717) is 12.2 Å². The molecule has 0 saturated heterocycles. The molecule has 0 aliphatic rings. The number of hydrogen-bond donors (Lipinski definition) is 8. The maximum absolute atomic E-state index is 12.5. The average molecular weight is 459 g/mol. The number of nitrogens with two attached hydrogens (primary N) is 1. The molecule has 9 nitrogen and oxygen atoms in total. The number of thiol groups is 3. The van der Waals surface area contributed by atoms with Crippen LogP contribution < -0.4 is 21.7 Å². The van der Waals surface area contributed by atoms with E-state index in [1.165, 1.54) is 11.8 Å². The fraction of sp³-hybridized carbons (Fsp3) is 0.714. The summed E-state index contributed by atoms with van der Waals surface area (Å²) in [4.78, 5) is 47.7. The van der Waals surface area contributed by atoms with Crippen molar-refractivity contribution >= 4 is 73.3 Å². The van der Waals surface area contributed by atoms with Crippen molar-refractivity contribution in [2.45, 2.75) is 30.6 Å². The largest absolute Gasteiger partial charge is 0.480 e. The lowest BCUT2D eigenvalue weighted by Crippen LogP contribution is -2.58. The van der Waals surface area contributed by atoms with E-state index < -0.39 is 47.9 Å². The number of thioether (sulfide) groups is 1. The number of carbonyl (C=O) groups is 4. The molecule has 0 saturated carbocycles. The standard InChI is InChI=1S/C14H26N4O5S4/c1-27-3-2-8(16-11(19)7(15)4-24)12(20)17-9(5-25)13(21)18-10(6-26)14(22)23/h7-10,24-26H,2-6,15H2,1H3,(H,16,19)(H,17,20)(H,18,21)(H,22,23). The van der Waals surface area contributed by atoms with Crippen molar-refractivity contribution in [1.29, 1.82) is 0 Å². The summed E-state index contributed by atoms with van der Waals surface area (Å²) in [6, 6.07) is -4.03. The molecule has 3 amide bonds. The molecule has 6 N–H and O–H groups in total. The molecule has 0 aliphatic carbocycles. The van der Waals surface area contributed by atoms with E-state index in [1.807, 2.05) is 6.26 Å². The highest BCUT2D eigenvalue weighted by atomic mass is 32.2. The van der Waals surface area contributed by atoms with Gasteiger partial charge in [-0.25, -0.2) is 4.79 Å². The fourth-order valence-electron chi connectivity index (χ4n) is 1.79. The lowest BCUT2D eigenvalue weighted by atomic mass is 10.1. The summed E-state index contributed by atoms with van der Waals surface area (Å²) in [5.41, 5.74) is 5.60. The van der Waals surface area contributed by atoms with Gasteiger partial charge in [0.15, 0.2) is 0 Å². The molecule has 0 spiro atoms. The van der Waals surface area contributed by atoms with E-state index in [1.54, 1.807) is 0 Å². The van der Waals surface area contributed by atoms with E-state index in [0.717, 1.165) is 0 Å². The second kappa shape index (κ2) is 14.3. The molecule has 0 aromatic carbocycles. The van der Waals surface area contributed by atoms with E-state index in [9.17, 15) is 19.2 Å². The Morgan fingerprint density at radius 2 is 1.37 bits per heavy atom. The van der Waals surface area contributed by atoms with Gasteiger partial charge in [0.1, 0.15) is 18.1 Å². The highest BCUT2D eigenvalue weighted by Crippen LogP contribution is 2.03. The second-order valence-corrected chi connectivity index (χ2v) is 7.54. The Hall–Kier alpha value is -0.760. The number of nitrogens with one attached hydrogen (secondary N) is 3. The van der Waals surface area contributed by atoms with Gasteiger partial charge in [-0.3, -0.25) is 14.4 Å². The zero-order chi connectivity index (χ0) is 21.0. The molecule has 0 rings (SSSR count). The zero-order valence-corrected chi connectivity index (χ0v) is 18.3. The molecular formula is C14H26N4O5S4. The smallest absolute Gasteiger partial charge is 0.327 e. The van der Waals surface area contributed by atoms with Crippen molar-refractivity contribution in [2.75, 3.05) is 29.3 Å². The van der Waals surface area contributed by atoms with E-state index in [-0.39, 0.29) is 17.3 Å². The molecule has 0 radical (unpaired) electrons.